The van der Waals surface area contributed by atoms with E-state index in [9.17, 15) is 0 Å². The molecule has 0 saturated heterocycles. The molecule has 1 rings (SSSR count). The number of hydrogen-bond donors (Lipinski definition) is 1. The zero-order valence-electron chi connectivity index (χ0n) is 7.96. The van der Waals surface area contributed by atoms with Crippen LogP contribution in [0.2, 0.25) is 0 Å². The summed E-state index contributed by atoms with van der Waals surface area (Å²) >= 11 is 0. The Morgan fingerprint density at radius 3 is 2.75 bits per heavy atom. The van der Waals surface area contributed by atoms with Gasteiger partial charge in [-0.2, -0.15) is 0 Å². The Balaban J connectivity index is 0.000000561. The molecule has 1 aliphatic carbocycles. The Bertz CT molecular complexity index is 175. The van der Waals surface area contributed by atoms with Gasteiger partial charge >= 0.3 is 0 Å². The van der Waals surface area contributed by atoms with Crippen LogP contribution < -0.4 is 0 Å². The highest BCUT2D eigenvalue weighted by Crippen LogP contribution is 2.12. The number of hydrogen-bond acceptors (Lipinski definition) is 1. The third-order valence-electron chi connectivity index (χ3n) is 1.61. The normalized spacial score (nSPS) is 15.4. The van der Waals surface area contributed by atoms with Gasteiger partial charge in [0, 0.05) is 7.11 Å². The second kappa shape index (κ2) is 8.28. The zero-order chi connectivity index (χ0) is 9.23. The molecule has 0 aromatic carbocycles. The smallest absolute Gasteiger partial charge is 0.0319 e. The van der Waals surface area contributed by atoms with E-state index in [0.29, 0.717) is 0 Å². The van der Waals surface area contributed by atoms with Gasteiger partial charge in [-0.05, 0) is 24.8 Å². The molecule has 1 heteroatoms. The van der Waals surface area contributed by atoms with Crippen LogP contribution in [0.5, 0.6) is 0 Å². The van der Waals surface area contributed by atoms with Crippen LogP contribution in [0, 0.1) is 0 Å². The molecule has 1 N–H and O–H groups in total. The van der Waals surface area contributed by atoms with E-state index in [0.717, 1.165) is 13.5 Å². The molecular weight excluding hydrogens is 148 g/mol. The van der Waals surface area contributed by atoms with Crippen LogP contribution >= 0.6 is 0 Å². The summed E-state index contributed by atoms with van der Waals surface area (Å²) in [7, 11) is 1.00. The molecule has 0 aliphatic heterocycles. The summed E-state index contributed by atoms with van der Waals surface area (Å²) in [5.41, 5.74) is 1.46. The zero-order valence-corrected chi connectivity index (χ0v) is 7.96. The van der Waals surface area contributed by atoms with Crippen LogP contribution in [-0.4, -0.2) is 12.2 Å². The van der Waals surface area contributed by atoms with E-state index in [4.69, 9.17) is 5.11 Å². The van der Waals surface area contributed by atoms with Gasteiger partial charge in [0.05, 0.1) is 0 Å². The number of aliphatic hydroxyl groups is 1. The number of allylic oxidation sites excluding steroid dienone is 6. The standard InChI is InChI=1S/C10H14.CH4O/c1-2-3-7-10-8-5-4-6-9-10;1-2/h3-5,7-8H,2,6,9H2,1H3;2H,1H3/b7-3-;. The topological polar surface area (TPSA) is 20.2 Å². The lowest BCUT2D eigenvalue weighted by Crippen LogP contribution is -1.81. The molecule has 0 aromatic rings. The quantitative estimate of drug-likeness (QED) is 0.668. The fourth-order valence-corrected chi connectivity index (χ4v) is 1.03. The maximum Gasteiger partial charge on any atom is 0.0319 e. The summed E-state index contributed by atoms with van der Waals surface area (Å²) in [5, 5.41) is 7.00. The number of rotatable bonds is 2. The van der Waals surface area contributed by atoms with E-state index in [2.05, 4.69) is 37.3 Å². The molecule has 1 aliphatic rings. The maximum atomic E-state index is 7.00. The van der Waals surface area contributed by atoms with Crippen molar-refractivity contribution in [1.29, 1.82) is 0 Å². The molecule has 1 nitrogen and oxygen atoms in total. The molecule has 0 unspecified atom stereocenters. The first-order valence-electron chi connectivity index (χ1n) is 4.40. The minimum absolute atomic E-state index is 1.00. The highest BCUT2D eigenvalue weighted by atomic mass is 16.2. The van der Waals surface area contributed by atoms with Gasteiger partial charge < -0.3 is 5.11 Å². The molecule has 68 valence electrons. The molecule has 0 saturated carbocycles. The minimum atomic E-state index is 1.00. The van der Waals surface area contributed by atoms with E-state index in [-0.39, 0.29) is 0 Å². The minimum Gasteiger partial charge on any atom is -0.400 e. The van der Waals surface area contributed by atoms with Crippen molar-refractivity contribution in [2.45, 2.75) is 26.2 Å². The summed E-state index contributed by atoms with van der Waals surface area (Å²) in [6.45, 7) is 2.16. The lowest BCUT2D eigenvalue weighted by Gasteiger charge is -2.01. The fourth-order valence-electron chi connectivity index (χ4n) is 1.03. The Morgan fingerprint density at radius 2 is 2.25 bits per heavy atom. The van der Waals surface area contributed by atoms with E-state index in [1.165, 1.54) is 18.4 Å². The molecule has 0 bridgehead atoms. The van der Waals surface area contributed by atoms with Crippen molar-refractivity contribution in [3.63, 3.8) is 0 Å². The van der Waals surface area contributed by atoms with Crippen molar-refractivity contribution in [2.24, 2.45) is 0 Å². The second-order valence-corrected chi connectivity index (χ2v) is 2.52. The van der Waals surface area contributed by atoms with Gasteiger partial charge in [-0.3, -0.25) is 0 Å². The second-order valence-electron chi connectivity index (χ2n) is 2.52. The summed E-state index contributed by atoms with van der Waals surface area (Å²) in [4.78, 5) is 0. The van der Waals surface area contributed by atoms with Crippen LogP contribution in [0.1, 0.15) is 26.2 Å². The predicted octanol–water partition coefficient (Wildman–Crippen LogP) is 2.84. The van der Waals surface area contributed by atoms with Gasteiger partial charge in [-0.1, -0.05) is 37.3 Å². The number of aliphatic hydroxyl groups excluding tert-OH is 1. The Morgan fingerprint density at radius 1 is 1.50 bits per heavy atom. The molecule has 0 radical (unpaired) electrons. The highest BCUT2D eigenvalue weighted by molar-refractivity contribution is 5.26. The van der Waals surface area contributed by atoms with Crippen molar-refractivity contribution in [2.75, 3.05) is 7.11 Å². The van der Waals surface area contributed by atoms with Gasteiger partial charge in [0.2, 0.25) is 0 Å². The van der Waals surface area contributed by atoms with Crippen LogP contribution in [-0.2, 0) is 0 Å². The van der Waals surface area contributed by atoms with E-state index < -0.39 is 0 Å². The lowest BCUT2D eigenvalue weighted by atomic mass is 10.0. The summed E-state index contributed by atoms with van der Waals surface area (Å²) in [6, 6.07) is 0. The van der Waals surface area contributed by atoms with Crippen LogP contribution in [0.3, 0.4) is 0 Å². The fraction of sp³-hybridized carbons (Fsp3) is 0.455. The van der Waals surface area contributed by atoms with Crippen molar-refractivity contribution in [3.05, 3.63) is 36.0 Å². The van der Waals surface area contributed by atoms with Crippen molar-refractivity contribution in [3.8, 4) is 0 Å². The first-order chi connectivity index (χ1) is 5.93. The molecule has 0 amide bonds. The Labute approximate surface area is 75.1 Å². The Kier molecular flexibility index (Phi) is 7.71. The molecule has 0 atom stereocenters. The van der Waals surface area contributed by atoms with Crippen molar-refractivity contribution < 1.29 is 5.11 Å². The average Bonchev–Trinajstić information content (AvgIpc) is 2.19. The van der Waals surface area contributed by atoms with Crippen molar-refractivity contribution >= 4 is 0 Å². The molecular formula is C11H18O. The van der Waals surface area contributed by atoms with Crippen LogP contribution in [0.25, 0.3) is 0 Å². The molecule has 0 spiro atoms. The van der Waals surface area contributed by atoms with Crippen LogP contribution in [0.15, 0.2) is 36.0 Å². The Hall–Kier alpha value is -0.820. The highest BCUT2D eigenvalue weighted by Gasteiger charge is 1.92. The van der Waals surface area contributed by atoms with Crippen molar-refractivity contribution in [1.82, 2.24) is 0 Å². The third-order valence-corrected chi connectivity index (χ3v) is 1.61. The third kappa shape index (κ3) is 4.91. The van der Waals surface area contributed by atoms with Gasteiger partial charge in [-0.15, -0.1) is 0 Å². The molecule has 0 aromatic heterocycles. The average molecular weight is 166 g/mol. The first-order valence-corrected chi connectivity index (χ1v) is 4.40. The van der Waals surface area contributed by atoms with E-state index in [1.807, 2.05) is 0 Å². The van der Waals surface area contributed by atoms with Gasteiger partial charge in [0.15, 0.2) is 0 Å². The summed E-state index contributed by atoms with van der Waals surface area (Å²) < 4.78 is 0. The van der Waals surface area contributed by atoms with Gasteiger partial charge in [0.1, 0.15) is 0 Å². The SMILES string of the molecule is CC/C=C\C1=CC=CCC1.CO. The lowest BCUT2D eigenvalue weighted by molar-refractivity contribution is 0.399. The van der Waals surface area contributed by atoms with E-state index >= 15 is 0 Å². The first kappa shape index (κ1) is 11.2. The maximum absolute atomic E-state index is 7.00. The monoisotopic (exact) mass is 166 g/mol. The molecule has 12 heavy (non-hydrogen) atoms. The van der Waals surface area contributed by atoms with Gasteiger partial charge in [0.25, 0.3) is 0 Å². The predicted molar refractivity (Wildman–Crippen MR) is 54.0 cm³/mol. The van der Waals surface area contributed by atoms with Gasteiger partial charge in [-0.25, -0.2) is 0 Å². The summed E-state index contributed by atoms with van der Waals surface area (Å²) in [6.07, 6.45) is 14.5. The van der Waals surface area contributed by atoms with E-state index in [1.54, 1.807) is 0 Å². The summed E-state index contributed by atoms with van der Waals surface area (Å²) in [5.74, 6) is 0. The van der Waals surface area contributed by atoms with Crippen LogP contribution in [0.4, 0.5) is 0 Å². The largest absolute Gasteiger partial charge is 0.400 e. The molecule has 0 fully saturated rings. The molecule has 0 heterocycles.